The van der Waals surface area contributed by atoms with Gasteiger partial charge in [0.15, 0.2) is 11.9 Å². The zero-order valence-electron chi connectivity index (χ0n) is 12.2. The summed E-state index contributed by atoms with van der Waals surface area (Å²) in [6.45, 7) is 3.16. The maximum Gasteiger partial charge on any atom is 0.325 e. The Balaban J connectivity index is 2.44. The average molecular weight is 291 g/mol. The van der Waals surface area contributed by atoms with Crippen LogP contribution in [0.5, 0.6) is 5.75 Å². The Hall–Kier alpha value is -2.37. The van der Waals surface area contributed by atoms with Gasteiger partial charge < -0.3 is 9.47 Å². The van der Waals surface area contributed by atoms with Crippen LogP contribution in [0, 0.1) is 0 Å². The molecule has 1 aromatic rings. The molecule has 1 aliphatic rings. The molecule has 2 rings (SSSR count). The van der Waals surface area contributed by atoms with Crippen LogP contribution in [-0.4, -0.2) is 37.4 Å². The lowest BCUT2D eigenvalue weighted by atomic mass is 10.1. The van der Waals surface area contributed by atoms with E-state index in [1.165, 1.54) is 12.0 Å². The molecule has 0 radical (unpaired) electrons. The van der Waals surface area contributed by atoms with E-state index in [1.54, 1.807) is 32.0 Å². The highest BCUT2D eigenvalue weighted by Crippen LogP contribution is 2.35. The van der Waals surface area contributed by atoms with E-state index in [9.17, 15) is 14.4 Å². The Morgan fingerprint density at radius 3 is 2.71 bits per heavy atom. The number of ether oxygens (including phenoxy) is 2. The Morgan fingerprint density at radius 2 is 2.10 bits per heavy atom. The molecule has 6 heteroatoms. The van der Waals surface area contributed by atoms with E-state index in [0.29, 0.717) is 23.4 Å². The number of methoxy groups -OCH3 is 1. The first-order valence-corrected chi connectivity index (χ1v) is 6.70. The minimum Gasteiger partial charge on any atom is -0.479 e. The second-order valence-electron chi connectivity index (χ2n) is 4.72. The normalized spacial score (nSPS) is 17.0. The lowest BCUT2D eigenvalue weighted by Crippen LogP contribution is -2.47. The van der Waals surface area contributed by atoms with Crippen molar-refractivity contribution in [2.24, 2.45) is 0 Å². The summed E-state index contributed by atoms with van der Waals surface area (Å²) >= 11 is 0. The highest BCUT2D eigenvalue weighted by Gasteiger charge is 2.33. The van der Waals surface area contributed by atoms with Gasteiger partial charge in [0, 0.05) is 12.0 Å². The van der Waals surface area contributed by atoms with Crippen LogP contribution in [0.4, 0.5) is 5.69 Å². The fourth-order valence-corrected chi connectivity index (χ4v) is 2.14. The van der Waals surface area contributed by atoms with Crippen molar-refractivity contribution in [2.45, 2.75) is 26.4 Å². The van der Waals surface area contributed by atoms with Crippen LogP contribution in [0.1, 0.15) is 30.6 Å². The largest absolute Gasteiger partial charge is 0.479 e. The molecule has 0 aromatic heterocycles. The first kappa shape index (κ1) is 15.0. The van der Waals surface area contributed by atoms with Crippen molar-refractivity contribution in [1.29, 1.82) is 0 Å². The number of rotatable bonds is 4. The second kappa shape index (κ2) is 5.95. The van der Waals surface area contributed by atoms with E-state index in [1.807, 2.05) is 0 Å². The first-order valence-electron chi connectivity index (χ1n) is 6.70. The standard InChI is InChI=1S/C15H17NO5/c1-4-12(17)10-5-6-13-11(7-10)16(8-14(18)20-3)15(19)9(2)21-13/h5-7,9H,4,8H2,1-3H3. The third-order valence-electron chi connectivity index (χ3n) is 3.33. The van der Waals surface area contributed by atoms with Crippen LogP contribution in [0.2, 0.25) is 0 Å². The summed E-state index contributed by atoms with van der Waals surface area (Å²) in [7, 11) is 1.26. The van der Waals surface area contributed by atoms with Crippen LogP contribution in [0.3, 0.4) is 0 Å². The lowest BCUT2D eigenvalue weighted by Gasteiger charge is -2.32. The number of carbonyl (C=O) groups is 3. The Bertz CT molecular complexity index is 596. The molecule has 112 valence electrons. The summed E-state index contributed by atoms with van der Waals surface area (Å²) in [6, 6.07) is 4.88. The van der Waals surface area contributed by atoms with Gasteiger partial charge in [-0.05, 0) is 25.1 Å². The van der Waals surface area contributed by atoms with Gasteiger partial charge in [-0.1, -0.05) is 6.92 Å². The van der Waals surface area contributed by atoms with Crippen LogP contribution < -0.4 is 9.64 Å². The van der Waals surface area contributed by atoms with Gasteiger partial charge in [-0.25, -0.2) is 0 Å². The van der Waals surface area contributed by atoms with Crippen molar-refractivity contribution < 1.29 is 23.9 Å². The maximum absolute atomic E-state index is 12.2. The Kier molecular flexibility index (Phi) is 4.26. The number of nitrogens with zero attached hydrogens (tertiary/aromatic N) is 1. The summed E-state index contributed by atoms with van der Waals surface area (Å²) in [5.74, 6) is -0.440. The van der Waals surface area contributed by atoms with Crippen molar-refractivity contribution >= 4 is 23.3 Å². The monoisotopic (exact) mass is 291 g/mol. The molecular weight excluding hydrogens is 274 g/mol. The van der Waals surface area contributed by atoms with E-state index in [2.05, 4.69) is 4.74 Å². The number of hydrogen-bond acceptors (Lipinski definition) is 5. The number of ketones is 1. The predicted octanol–water partition coefficient (Wildman–Crippen LogP) is 1.57. The minimum absolute atomic E-state index is 0.0399. The number of hydrogen-bond donors (Lipinski definition) is 0. The van der Waals surface area contributed by atoms with Crippen LogP contribution in [0.25, 0.3) is 0 Å². The van der Waals surface area contributed by atoms with Gasteiger partial charge in [0.1, 0.15) is 12.3 Å². The molecule has 0 saturated heterocycles. The van der Waals surface area contributed by atoms with Crippen molar-refractivity contribution in [3.05, 3.63) is 23.8 Å². The summed E-state index contributed by atoms with van der Waals surface area (Å²) < 4.78 is 10.1. The fourth-order valence-electron chi connectivity index (χ4n) is 2.14. The van der Waals surface area contributed by atoms with E-state index in [0.717, 1.165) is 0 Å². The summed E-state index contributed by atoms with van der Waals surface area (Å²) in [5.41, 5.74) is 0.903. The topological polar surface area (TPSA) is 72.9 Å². The maximum atomic E-state index is 12.2. The molecule has 1 heterocycles. The second-order valence-corrected chi connectivity index (χ2v) is 4.72. The number of benzene rings is 1. The molecule has 1 aliphatic heterocycles. The molecule has 0 saturated carbocycles. The van der Waals surface area contributed by atoms with Gasteiger partial charge in [-0.3, -0.25) is 19.3 Å². The molecule has 0 spiro atoms. The van der Waals surface area contributed by atoms with Crippen molar-refractivity contribution in [3.63, 3.8) is 0 Å². The van der Waals surface area contributed by atoms with Gasteiger partial charge in [-0.2, -0.15) is 0 Å². The van der Waals surface area contributed by atoms with Crippen LogP contribution in [-0.2, 0) is 14.3 Å². The highest BCUT2D eigenvalue weighted by molar-refractivity contribution is 6.05. The smallest absolute Gasteiger partial charge is 0.325 e. The average Bonchev–Trinajstić information content (AvgIpc) is 2.50. The molecule has 1 amide bonds. The molecule has 0 bridgehead atoms. The molecule has 1 unspecified atom stereocenters. The van der Waals surface area contributed by atoms with Crippen molar-refractivity contribution in [2.75, 3.05) is 18.6 Å². The lowest BCUT2D eigenvalue weighted by molar-refractivity contribution is -0.140. The molecule has 0 N–H and O–H groups in total. The minimum atomic E-state index is -0.685. The molecular formula is C15H17NO5. The number of anilines is 1. The molecule has 0 fully saturated rings. The third kappa shape index (κ3) is 2.89. The summed E-state index contributed by atoms with van der Waals surface area (Å²) in [6.07, 6.45) is -0.323. The molecule has 1 atom stereocenters. The number of Topliss-reactive ketones (excluding diaryl/α,β-unsaturated/α-hetero) is 1. The van der Waals surface area contributed by atoms with Crippen LogP contribution in [0.15, 0.2) is 18.2 Å². The zero-order valence-corrected chi connectivity index (χ0v) is 12.2. The van der Waals surface area contributed by atoms with Gasteiger partial charge >= 0.3 is 5.97 Å². The van der Waals surface area contributed by atoms with E-state index in [-0.39, 0.29) is 18.2 Å². The number of fused-ring (bicyclic) bond motifs is 1. The van der Waals surface area contributed by atoms with Crippen molar-refractivity contribution in [1.82, 2.24) is 0 Å². The van der Waals surface area contributed by atoms with Gasteiger partial charge in [0.25, 0.3) is 5.91 Å². The van der Waals surface area contributed by atoms with E-state index in [4.69, 9.17) is 4.74 Å². The fraction of sp³-hybridized carbons (Fsp3) is 0.400. The third-order valence-corrected chi connectivity index (χ3v) is 3.33. The van der Waals surface area contributed by atoms with E-state index >= 15 is 0 Å². The number of esters is 1. The van der Waals surface area contributed by atoms with E-state index < -0.39 is 12.1 Å². The van der Waals surface area contributed by atoms with Crippen LogP contribution >= 0.6 is 0 Å². The van der Waals surface area contributed by atoms with Crippen molar-refractivity contribution in [3.8, 4) is 5.75 Å². The highest BCUT2D eigenvalue weighted by atomic mass is 16.5. The summed E-state index contributed by atoms with van der Waals surface area (Å²) in [4.78, 5) is 36.8. The predicted molar refractivity (Wildman–Crippen MR) is 75.5 cm³/mol. The molecule has 1 aromatic carbocycles. The Labute approximate surface area is 122 Å². The number of carbonyl (C=O) groups excluding carboxylic acids is 3. The first-order chi connectivity index (χ1) is 9.97. The molecule has 0 aliphatic carbocycles. The zero-order chi connectivity index (χ0) is 15.6. The Morgan fingerprint density at radius 1 is 1.38 bits per heavy atom. The van der Waals surface area contributed by atoms with Gasteiger partial charge in [0.2, 0.25) is 0 Å². The summed E-state index contributed by atoms with van der Waals surface area (Å²) in [5, 5.41) is 0. The molecule has 21 heavy (non-hydrogen) atoms. The van der Waals surface area contributed by atoms with Gasteiger partial charge in [0.05, 0.1) is 12.8 Å². The molecule has 6 nitrogen and oxygen atoms in total. The van der Waals surface area contributed by atoms with Gasteiger partial charge in [-0.15, -0.1) is 0 Å². The quantitative estimate of drug-likeness (QED) is 0.622. The number of amides is 1. The SMILES string of the molecule is CCC(=O)c1ccc2c(c1)N(CC(=O)OC)C(=O)C(C)O2.